The van der Waals surface area contributed by atoms with Crippen molar-refractivity contribution in [3.8, 4) is 0 Å². The normalized spacial score (nSPS) is 16.0. The number of methoxy groups -OCH3 is 1. The predicted octanol–water partition coefficient (Wildman–Crippen LogP) is 3.26. The van der Waals surface area contributed by atoms with Crippen LogP contribution in [0.25, 0.3) is 17.0 Å². The van der Waals surface area contributed by atoms with Crippen LogP contribution >= 0.6 is 11.3 Å². The third-order valence-corrected chi connectivity index (χ3v) is 6.67. The molecule has 0 amide bonds. The zero-order chi connectivity index (χ0) is 23.1. The number of fused-ring (bicyclic) bond motifs is 2. The molecule has 1 atom stereocenters. The molecule has 6 nitrogen and oxygen atoms in total. The lowest BCUT2D eigenvalue weighted by Gasteiger charge is -2.24. The molecule has 164 valence electrons. The van der Waals surface area contributed by atoms with Gasteiger partial charge in [0.15, 0.2) is 4.80 Å². The van der Waals surface area contributed by atoms with Crippen molar-refractivity contribution in [2.75, 3.05) is 7.11 Å². The van der Waals surface area contributed by atoms with Gasteiger partial charge in [0, 0.05) is 5.39 Å². The van der Waals surface area contributed by atoms with Gasteiger partial charge in [-0.15, -0.1) is 0 Å². The van der Waals surface area contributed by atoms with Crippen LogP contribution in [-0.2, 0) is 9.53 Å². The Morgan fingerprint density at radius 1 is 1.09 bits per heavy atom. The van der Waals surface area contributed by atoms with Crippen LogP contribution in [0.5, 0.6) is 0 Å². The second-order valence-corrected chi connectivity index (χ2v) is 8.93. The quantitative estimate of drug-likeness (QED) is 0.445. The molecular weight excluding hydrogens is 434 g/mol. The summed E-state index contributed by atoms with van der Waals surface area (Å²) in [6.07, 6.45) is 1.78. The van der Waals surface area contributed by atoms with Crippen molar-refractivity contribution < 1.29 is 9.53 Å². The van der Waals surface area contributed by atoms with Gasteiger partial charge >= 0.3 is 5.97 Å². The molecule has 0 saturated carbocycles. The number of esters is 1. The van der Waals surface area contributed by atoms with Crippen LogP contribution < -0.4 is 14.9 Å². The van der Waals surface area contributed by atoms with E-state index < -0.39 is 12.0 Å². The van der Waals surface area contributed by atoms with E-state index in [1.165, 1.54) is 24.0 Å². The van der Waals surface area contributed by atoms with Crippen molar-refractivity contribution in [3.63, 3.8) is 0 Å². The number of hydrogen-bond donors (Lipinski definition) is 0. The van der Waals surface area contributed by atoms with E-state index in [2.05, 4.69) is 11.1 Å². The predicted molar refractivity (Wildman–Crippen MR) is 129 cm³/mol. The Bertz CT molecular complexity index is 1610. The minimum Gasteiger partial charge on any atom is -0.466 e. The van der Waals surface area contributed by atoms with Crippen molar-refractivity contribution in [2.24, 2.45) is 4.99 Å². The third kappa shape index (κ3) is 3.70. The molecule has 0 fully saturated rings. The second-order valence-electron chi connectivity index (χ2n) is 7.92. The smallest absolute Gasteiger partial charge is 0.338 e. The molecule has 2 aromatic carbocycles. The molecule has 0 saturated heterocycles. The van der Waals surface area contributed by atoms with E-state index in [-0.39, 0.29) is 5.56 Å². The van der Waals surface area contributed by atoms with E-state index in [0.29, 0.717) is 26.3 Å². The fourth-order valence-electron chi connectivity index (χ4n) is 4.12. The Morgan fingerprint density at radius 2 is 1.88 bits per heavy atom. The SMILES string of the molecule is COC(=O)C1=C(C)N=c2s/c(=C/c3ccc4cc(C)ccc4n3)c(=O)n2[C@@H]1c1ccccc1. The molecule has 1 aliphatic rings. The van der Waals surface area contributed by atoms with Gasteiger partial charge in [-0.25, -0.2) is 14.8 Å². The molecule has 0 radical (unpaired) electrons. The van der Waals surface area contributed by atoms with Crippen LogP contribution in [0.4, 0.5) is 0 Å². The Morgan fingerprint density at radius 3 is 2.64 bits per heavy atom. The Hall–Kier alpha value is -3.84. The largest absolute Gasteiger partial charge is 0.466 e. The van der Waals surface area contributed by atoms with Crippen LogP contribution in [0.2, 0.25) is 0 Å². The van der Waals surface area contributed by atoms with E-state index in [9.17, 15) is 9.59 Å². The Labute approximate surface area is 193 Å². The molecule has 5 rings (SSSR count). The molecule has 0 bridgehead atoms. The molecule has 0 spiro atoms. The summed E-state index contributed by atoms with van der Waals surface area (Å²) in [4.78, 5) is 36.0. The minimum absolute atomic E-state index is 0.215. The number of aryl methyl sites for hydroxylation is 1. The van der Waals surface area contributed by atoms with Crippen molar-refractivity contribution >= 4 is 34.3 Å². The molecule has 4 aromatic rings. The topological polar surface area (TPSA) is 73.6 Å². The number of aromatic nitrogens is 2. The first-order valence-corrected chi connectivity index (χ1v) is 11.3. The summed E-state index contributed by atoms with van der Waals surface area (Å²) in [6.45, 7) is 3.81. The number of carbonyl (C=O) groups excluding carboxylic acids is 1. The van der Waals surface area contributed by atoms with E-state index in [0.717, 1.165) is 16.5 Å². The summed E-state index contributed by atoms with van der Waals surface area (Å²) in [5.41, 5.74) is 4.24. The highest BCUT2D eigenvalue weighted by atomic mass is 32.1. The van der Waals surface area contributed by atoms with Gasteiger partial charge in [-0.05, 0) is 43.7 Å². The summed E-state index contributed by atoms with van der Waals surface area (Å²) in [5, 5.41) is 1.05. The van der Waals surface area contributed by atoms with Gasteiger partial charge in [0.05, 0.1) is 40.2 Å². The maximum Gasteiger partial charge on any atom is 0.338 e. The number of ether oxygens (including phenoxy) is 1. The van der Waals surface area contributed by atoms with Crippen molar-refractivity contribution in [2.45, 2.75) is 19.9 Å². The number of carbonyl (C=O) groups is 1. The molecule has 0 unspecified atom stereocenters. The maximum atomic E-state index is 13.6. The number of thiazole rings is 1. The van der Waals surface area contributed by atoms with Crippen LogP contribution in [0, 0.1) is 6.92 Å². The standard InChI is InChI=1S/C26H21N3O3S/c1-15-9-12-20-18(13-15)10-11-19(28-20)14-21-24(30)29-23(17-7-5-4-6-8-17)22(25(31)32-3)16(2)27-26(29)33-21/h4-14,23H,1-3H3/b21-14+/t23-/m1/s1. The van der Waals surface area contributed by atoms with Gasteiger partial charge in [-0.3, -0.25) is 9.36 Å². The number of pyridine rings is 1. The highest BCUT2D eigenvalue weighted by Crippen LogP contribution is 2.30. The van der Waals surface area contributed by atoms with Crippen molar-refractivity contribution in [1.82, 2.24) is 9.55 Å². The number of allylic oxidation sites excluding steroid dienone is 1. The Kier molecular flexibility index (Phi) is 5.26. The first kappa shape index (κ1) is 21.0. The first-order chi connectivity index (χ1) is 16.0. The van der Waals surface area contributed by atoms with Gasteiger partial charge in [-0.1, -0.05) is 59.4 Å². The van der Waals surface area contributed by atoms with Gasteiger partial charge < -0.3 is 4.74 Å². The summed E-state index contributed by atoms with van der Waals surface area (Å²) in [6, 6.07) is 18.8. The lowest BCUT2D eigenvalue weighted by molar-refractivity contribution is -0.136. The summed E-state index contributed by atoms with van der Waals surface area (Å²) >= 11 is 1.29. The van der Waals surface area contributed by atoms with Crippen molar-refractivity contribution in [3.05, 3.63) is 108 Å². The Balaban J connectivity index is 1.71. The fourth-order valence-corrected chi connectivity index (χ4v) is 5.15. The van der Waals surface area contributed by atoms with Gasteiger partial charge in [-0.2, -0.15) is 0 Å². The third-order valence-electron chi connectivity index (χ3n) is 5.69. The van der Waals surface area contributed by atoms with Gasteiger partial charge in [0.2, 0.25) is 0 Å². The molecule has 1 aliphatic heterocycles. The molecule has 0 aliphatic carbocycles. The summed E-state index contributed by atoms with van der Waals surface area (Å²) in [7, 11) is 1.34. The number of benzene rings is 2. The van der Waals surface area contributed by atoms with E-state index in [1.807, 2.05) is 61.5 Å². The average molecular weight is 456 g/mol. The van der Waals surface area contributed by atoms with Crippen LogP contribution in [-0.4, -0.2) is 22.6 Å². The molecule has 2 aromatic heterocycles. The second kappa shape index (κ2) is 8.26. The molecular formula is C26H21N3O3S. The monoisotopic (exact) mass is 455 g/mol. The van der Waals surface area contributed by atoms with Gasteiger partial charge in [0.25, 0.3) is 5.56 Å². The minimum atomic E-state index is -0.607. The molecule has 33 heavy (non-hydrogen) atoms. The van der Waals surface area contributed by atoms with E-state index in [1.54, 1.807) is 17.6 Å². The summed E-state index contributed by atoms with van der Waals surface area (Å²) in [5.74, 6) is -0.495. The highest BCUT2D eigenvalue weighted by Gasteiger charge is 2.32. The van der Waals surface area contributed by atoms with Crippen LogP contribution in [0.15, 0.2) is 81.7 Å². The van der Waals surface area contributed by atoms with Crippen LogP contribution in [0.3, 0.4) is 0 Å². The van der Waals surface area contributed by atoms with Crippen LogP contribution in [0.1, 0.15) is 29.8 Å². The maximum absolute atomic E-state index is 13.6. The highest BCUT2D eigenvalue weighted by molar-refractivity contribution is 7.07. The fraction of sp³-hybridized carbons (Fsp3) is 0.154. The first-order valence-electron chi connectivity index (χ1n) is 10.5. The summed E-state index contributed by atoms with van der Waals surface area (Å²) < 4.78 is 7.12. The lowest BCUT2D eigenvalue weighted by atomic mass is 9.96. The van der Waals surface area contributed by atoms with Crippen molar-refractivity contribution in [1.29, 1.82) is 0 Å². The van der Waals surface area contributed by atoms with E-state index in [4.69, 9.17) is 9.72 Å². The molecule has 7 heteroatoms. The van der Waals surface area contributed by atoms with E-state index >= 15 is 0 Å². The number of nitrogens with zero attached hydrogens (tertiary/aromatic N) is 3. The zero-order valence-electron chi connectivity index (χ0n) is 18.4. The number of rotatable bonds is 3. The lowest BCUT2D eigenvalue weighted by Crippen LogP contribution is -2.39. The average Bonchev–Trinajstić information content (AvgIpc) is 3.12. The zero-order valence-corrected chi connectivity index (χ0v) is 19.2. The molecule has 3 heterocycles. The number of hydrogen-bond acceptors (Lipinski definition) is 6. The van der Waals surface area contributed by atoms with Gasteiger partial charge in [0.1, 0.15) is 0 Å². The molecule has 0 N–H and O–H groups in total.